The number of thiazole rings is 1. The Morgan fingerprint density at radius 2 is 2.00 bits per heavy atom. The number of rotatable bonds is 8. The smallest absolute Gasteiger partial charge is 0.550 e. The minimum Gasteiger partial charge on any atom is -0.550 e. The number of hydrogen-bond donors (Lipinski definition) is 4. The van der Waals surface area contributed by atoms with E-state index in [-0.39, 0.29) is 68.5 Å². The summed E-state index contributed by atoms with van der Waals surface area (Å²) < 4.78 is 1.25. The fourth-order valence-corrected chi connectivity index (χ4v) is 6.39. The molecule has 0 saturated carbocycles. The van der Waals surface area contributed by atoms with E-state index < -0.39 is 46.3 Å². The molecule has 2 aromatic rings. The number of thioether (sulfide) groups is 2. The zero-order valence-corrected chi connectivity index (χ0v) is 26.3. The summed E-state index contributed by atoms with van der Waals surface area (Å²) in [5, 5.41) is 28.5. The molecule has 0 radical (unpaired) electrons. The monoisotopic (exact) mass is 636 g/mol. The van der Waals surface area contributed by atoms with Crippen LogP contribution in [0.5, 0.6) is 0 Å². The number of carboxylic acids is 2. The number of amides is 2. The number of nitrogen functional groups attached to an aromatic ring is 1. The van der Waals surface area contributed by atoms with E-state index in [0.717, 1.165) is 34.9 Å². The number of nitrogens with zero attached hydrogens (tertiary/aromatic N) is 5. The topological polar surface area (TPSA) is 255 Å². The number of nitrogens with two attached hydrogens (primary N) is 1. The molecule has 2 aromatic heterocycles. The predicted molar refractivity (Wildman–Crippen MR) is 141 cm³/mol. The van der Waals surface area contributed by atoms with E-state index in [2.05, 4.69) is 25.5 Å². The molecule has 0 unspecified atom stereocenters. The van der Waals surface area contributed by atoms with Crippen molar-refractivity contribution < 1.29 is 63.8 Å². The molecule has 4 rings (SSSR count). The van der Waals surface area contributed by atoms with Crippen LogP contribution in [0.4, 0.5) is 5.13 Å². The fourth-order valence-electron chi connectivity index (χ4n) is 3.44. The van der Waals surface area contributed by atoms with Crippen molar-refractivity contribution in [2.45, 2.75) is 23.5 Å². The number of carbonyl (C=O) groups excluding carboxylic acids is 3. The van der Waals surface area contributed by atoms with Crippen LogP contribution in [-0.2, 0) is 31.1 Å². The van der Waals surface area contributed by atoms with Crippen molar-refractivity contribution in [3.63, 3.8) is 0 Å². The second kappa shape index (κ2) is 14.6. The molecule has 0 bridgehead atoms. The number of anilines is 1. The number of oxime groups is 1. The molecule has 1 fully saturated rings. The molecule has 1 saturated heterocycles. The Kier molecular flexibility index (Phi) is 12.2. The van der Waals surface area contributed by atoms with Gasteiger partial charge in [-0.3, -0.25) is 33.9 Å². The zero-order valence-electron chi connectivity index (χ0n) is 21.9. The van der Waals surface area contributed by atoms with E-state index in [1.165, 1.54) is 36.0 Å². The van der Waals surface area contributed by atoms with Crippen LogP contribution in [0.1, 0.15) is 12.6 Å². The number of aromatic nitrogens is 4. The third-order valence-electron chi connectivity index (χ3n) is 5.02. The predicted octanol–water partition coefficient (Wildman–Crippen LogP) is -5.85. The van der Waals surface area contributed by atoms with E-state index >= 15 is 0 Å². The molecule has 214 valence electrons. The zero-order chi connectivity index (χ0) is 29.7. The van der Waals surface area contributed by atoms with Gasteiger partial charge in [-0.2, -0.15) is 4.98 Å². The molecule has 2 atom stereocenters. The first-order valence-corrected chi connectivity index (χ1v) is 13.8. The first-order valence-electron chi connectivity index (χ1n) is 10.9. The Bertz CT molecular complexity index is 1530. The number of carbonyl (C=O) groups is 4. The van der Waals surface area contributed by atoms with Gasteiger partial charge in [-0.05, 0) is 12.5 Å². The Morgan fingerprint density at radius 1 is 1.34 bits per heavy atom. The minimum atomic E-state index is -1.31. The van der Waals surface area contributed by atoms with E-state index in [0.29, 0.717) is 5.57 Å². The van der Waals surface area contributed by atoms with Gasteiger partial charge in [-0.15, -0.1) is 23.1 Å². The molecule has 5 N–H and O–H groups in total. The summed E-state index contributed by atoms with van der Waals surface area (Å²) in [6.45, 7) is 0.972. The van der Waals surface area contributed by atoms with E-state index in [4.69, 9.17) is 20.5 Å². The van der Waals surface area contributed by atoms with Gasteiger partial charge in [0, 0.05) is 29.9 Å². The number of carboxylic acid groups (broad SMARTS) is 2. The van der Waals surface area contributed by atoms with Gasteiger partial charge in [0.05, 0.1) is 0 Å². The number of H-pyrrole nitrogens is 1. The fraction of sp³-hybridized carbons (Fsp3) is 0.350. The number of aliphatic carboxylic acids is 2. The van der Waals surface area contributed by atoms with E-state index in [1.807, 2.05) is 0 Å². The molecule has 41 heavy (non-hydrogen) atoms. The summed E-state index contributed by atoms with van der Waals surface area (Å²) in [5.41, 5.74) is 4.00. The van der Waals surface area contributed by atoms with Gasteiger partial charge in [0.1, 0.15) is 29.9 Å². The van der Waals surface area contributed by atoms with Crippen LogP contribution in [0.25, 0.3) is 0 Å². The van der Waals surface area contributed by atoms with Gasteiger partial charge >= 0.3 is 46.6 Å². The Labute approximate surface area is 264 Å². The molecule has 4 heterocycles. The van der Waals surface area contributed by atoms with Crippen LogP contribution in [0.15, 0.2) is 36.6 Å². The maximum absolute atomic E-state index is 12.9. The summed E-state index contributed by atoms with van der Waals surface area (Å²) in [5.74, 6) is -3.38. The Hall–Kier alpha value is -3.17. The molecule has 2 aliphatic heterocycles. The van der Waals surface area contributed by atoms with Crippen molar-refractivity contribution in [1.29, 1.82) is 0 Å². The van der Waals surface area contributed by atoms with Crippen LogP contribution in [0, 0.1) is 0 Å². The first kappa shape index (κ1) is 34.0. The SMILES string of the molecule is CC(=O)[O-].CO/N=C(\C(=O)N[C@@H]1C(=O)N2C(C(=O)O)=C(CSc3nc(=O)c(=O)[nH]n3C)CS[C@H]12)c1csc(N)n1.[Na+]. The molecule has 0 aromatic carbocycles. The molecule has 2 amide bonds. The molecule has 0 aliphatic carbocycles. The second-order valence-electron chi connectivity index (χ2n) is 7.79. The molecule has 17 nitrogen and oxygen atoms in total. The molecular formula is C20H21N8NaO9S3. The van der Waals surface area contributed by atoms with Crippen molar-refractivity contribution in [1.82, 2.24) is 30.0 Å². The molecule has 21 heteroatoms. The summed E-state index contributed by atoms with van der Waals surface area (Å²) in [7, 11) is 2.74. The standard InChI is InChI=1S/C18H18N8O7S3.C2H4O2.Na/c1-25-18(22-12(28)13(29)23-25)36-4-6-3-34-15-9(14(30)26(15)10(6)16(31)32)21-11(27)8(24-33-2)7-5-35-17(19)20-7;1-2(3)4;/h5,9,15H,3-4H2,1-2H3,(H2,19,20)(H,21,27)(H,23,29)(H,31,32);1H3,(H,3,4);/q;;+1/p-1/b24-8-;;/t9-,15-;;/m1../s1. The maximum Gasteiger partial charge on any atom is 1.00 e. The Balaban J connectivity index is 0.00000110. The van der Waals surface area contributed by atoms with Crippen molar-refractivity contribution in [3.05, 3.63) is 43.1 Å². The van der Waals surface area contributed by atoms with Crippen LogP contribution in [0.3, 0.4) is 0 Å². The average Bonchev–Trinajstić information content (AvgIpc) is 3.31. The number of fused-ring (bicyclic) bond motifs is 1. The van der Waals surface area contributed by atoms with Crippen LogP contribution in [0.2, 0.25) is 0 Å². The maximum atomic E-state index is 12.9. The number of aryl methyl sites for hydroxylation is 1. The van der Waals surface area contributed by atoms with Gasteiger partial charge in [0.15, 0.2) is 16.0 Å². The van der Waals surface area contributed by atoms with Crippen LogP contribution >= 0.6 is 34.9 Å². The molecular weight excluding hydrogens is 615 g/mol. The van der Waals surface area contributed by atoms with Gasteiger partial charge in [-0.1, -0.05) is 16.9 Å². The second-order valence-corrected chi connectivity index (χ2v) is 10.7. The largest absolute Gasteiger partial charge is 1.00 e. The van der Waals surface area contributed by atoms with Crippen molar-refractivity contribution in [3.8, 4) is 0 Å². The van der Waals surface area contributed by atoms with Gasteiger partial charge in [0.25, 0.3) is 11.8 Å². The normalized spacial score (nSPS) is 17.8. The van der Waals surface area contributed by atoms with Gasteiger partial charge < -0.3 is 30.9 Å². The van der Waals surface area contributed by atoms with Crippen molar-refractivity contribution in [2.75, 3.05) is 24.3 Å². The third kappa shape index (κ3) is 7.98. The minimum absolute atomic E-state index is 0. The number of β-lactam (4-membered cyclic amide) rings is 1. The quantitative estimate of drug-likeness (QED) is 0.0526. The number of hydrogen-bond acceptors (Lipinski definition) is 15. The molecule has 2 aliphatic rings. The molecule has 0 spiro atoms. The number of nitrogens with one attached hydrogen (secondary N) is 2. The third-order valence-corrected chi connectivity index (χ3v) is 8.15. The van der Waals surface area contributed by atoms with E-state index in [9.17, 15) is 29.1 Å². The van der Waals surface area contributed by atoms with Crippen LogP contribution in [-0.4, -0.2) is 89.3 Å². The van der Waals surface area contributed by atoms with E-state index in [1.54, 1.807) is 0 Å². The summed E-state index contributed by atoms with van der Waals surface area (Å²) in [4.78, 5) is 83.1. The van der Waals surface area contributed by atoms with Crippen molar-refractivity contribution >= 4 is 69.5 Å². The number of aromatic amines is 1. The first-order chi connectivity index (χ1) is 18.8. The van der Waals surface area contributed by atoms with Gasteiger partial charge in [-0.25, -0.2) is 9.78 Å². The van der Waals surface area contributed by atoms with Crippen molar-refractivity contribution in [2.24, 2.45) is 12.2 Å². The summed E-state index contributed by atoms with van der Waals surface area (Å²) in [6, 6.07) is -0.995. The summed E-state index contributed by atoms with van der Waals surface area (Å²) >= 11 is 3.41. The Morgan fingerprint density at radius 3 is 2.56 bits per heavy atom. The van der Waals surface area contributed by atoms with Crippen LogP contribution < -0.4 is 56.8 Å². The summed E-state index contributed by atoms with van der Waals surface area (Å²) in [6.07, 6.45) is 0. The van der Waals surface area contributed by atoms with Gasteiger partial charge in [0.2, 0.25) is 0 Å². The average molecular weight is 637 g/mol.